The molecule has 0 radical (unpaired) electrons. The maximum absolute atomic E-state index is 12.0. The number of carboxylic acid groups (broad SMARTS) is 1. The molecule has 104 valence electrons. The van der Waals surface area contributed by atoms with Gasteiger partial charge in [0.1, 0.15) is 0 Å². The van der Waals surface area contributed by atoms with Crippen LogP contribution in [0, 0.1) is 10.1 Å². The second-order valence-electron chi connectivity index (χ2n) is 4.80. The average Bonchev–Trinajstić information content (AvgIpc) is 2.56. The van der Waals surface area contributed by atoms with Crippen LogP contribution in [0.5, 0.6) is 0 Å². The Morgan fingerprint density at radius 2 is 2.05 bits per heavy atom. The Kier molecular flexibility index (Phi) is 3.93. The molecule has 1 aromatic heterocycles. The number of hydrogen-bond donors (Lipinski definition) is 2. The average molecular weight is 269 g/mol. The zero-order chi connectivity index (χ0) is 14.8. The summed E-state index contributed by atoms with van der Waals surface area (Å²) in [5.41, 5.74) is -0.840. The highest BCUT2D eigenvalue weighted by molar-refractivity contribution is 5.94. The maximum atomic E-state index is 12.0. The van der Waals surface area contributed by atoms with E-state index in [1.807, 2.05) is 0 Å². The van der Waals surface area contributed by atoms with Gasteiger partial charge in [-0.3, -0.25) is 9.59 Å². The van der Waals surface area contributed by atoms with E-state index in [0.29, 0.717) is 0 Å². The number of nitrogens with zero attached hydrogens (tertiary/aromatic N) is 2. The van der Waals surface area contributed by atoms with E-state index < -0.39 is 22.3 Å². The molecule has 0 spiro atoms. The van der Waals surface area contributed by atoms with E-state index in [1.54, 1.807) is 13.8 Å². The van der Waals surface area contributed by atoms with Gasteiger partial charge >= 0.3 is 11.8 Å². The van der Waals surface area contributed by atoms with Crippen LogP contribution in [0.1, 0.15) is 30.8 Å². The van der Waals surface area contributed by atoms with Gasteiger partial charge in [-0.05, 0) is 24.8 Å². The Morgan fingerprint density at radius 1 is 1.47 bits per heavy atom. The molecule has 1 aromatic rings. The fourth-order valence-electron chi connectivity index (χ4n) is 1.71. The van der Waals surface area contributed by atoms with Crippen LogP contribution >= 0.6 is 0 Å². The lowest BCUT2D eigenvalue weighted by molar-refractivity contribution is -0.391. The van der Waals surface area contributed by atoms with Crippen molar-refractivity contribution in [2.75, 3.05) is 0 Å². The van der Waals surface area contributed by atoms with Crippen molar-refractivity contribution in [3.63, 3.8) is 0 Å². The maximum Gasteiger partial charge on any atom is 0.323 e. The summed E-state index contributed by atoms with van der Waals surface area (Å²) in [6.45, 7) is 3.13. The molecular weight excluding hydrogens is 254 g/mol. The summed E-state index contributed by atoms with van der Waals surface area (Å²) in [7, 11) is 1.40. The van der Waals surface area contributed by atoms with Crippen molar-refractivity contribution in [3.05, 3.63) is 27.9 Å². The third-order valence-corrected chi connectivity index (χ3v) is 2.56. The molecule has 0 saturated carbocycles. The van der Waals surface area contributed by atoms with Gasteiger partial charge in [-0.1, -0.05) is 0 Å². The minimum Gasteiger partial charge on any atom is -0.481 e. The van der Waals surface area contributed by atoms with Crippen LogP contribution in [0.4, 0.5) is 5.82 Å². The van der Waals surface area contributed by atoms with Crippen molar-refractivity contribution < 1.29 is 19.6 Å². The Balaban J connectivity index is 2.90. The topological polar surface area (TPSA) is 114 Å². The van der Waals surface area contributed by atoms with Gasteiger partial charge in [0.15, 0.2) is 5.69 Å². The summed E-state index contributed by atoms with van der Waals surface area (Å²) in [4.78, 5) is 32.7. The number of aromatic nitrogens is 1. The molecule has 19 heavy (non-hydrogen) atoms. The molecule has 0 saturated heterocycles. The SMILES string of the molecule is Cn1c(C(=O)NC(C)(C)CC(=O)O)ccc1[N+](=O)[O-]. The van der Waals surface area contributed by atoms with Gasteiger partial charge in [0.25, 0.3) is 5.91 Å². The molecule has 0 fully saturated rings. The molecule has 0 aromatic carbocycles. The highest BCUT2D eigenvalue weighted by Gasteiger charge is 2.28. The zero-order valence-corrected chi connectivity index (χ0v) is 10.8. The molecule has 1 amide bonds. The third-order valence-electron chi connectivity index (χ3n) is 2.56. The Bertz CT molecular complexity index is 532. The zero-order valence-electron chi connectivity index (χ0n) is 10.8. The first-order valence-electron chi connectivity index (χ1n) is 5.48. The predicted molar refractivity (Wildman–Crippen MR) is 65.9 cm³/mol. The van der Waals surface area contributed by atoms with Gasteiger partial charge in [0.05, 0.1) is 13.5 Å². The highest BCUT2D eigenvalue weighted by Crippen LogP contribution is 2.16. The second-order valence-corrected chi connectivity index (χ2v) is 4.80. The van der Waals surface area contributed by atoms with E-state index in [4.69, 9.17) is 5.11 Å². The number of hydrogen-bond acceptors (Lipinski definition) is 4. The predicted octanol–water partition coefficient (Wildman–Crippen LogP) is 0.916. The number of nitrogens with one attached hydrogen (secondary N) is 1. The molecular formula is C11H15N3O5. The summed E-state index contributed by atoms with van der Waals surface area (Å²) in [6, 6.07) is 2.55. The summed E-state index contributed by atoms with van der Waals surface area (Å²) in [6.07, 6.45) is -0.245. The highest BCUT2D eigenvalue weighted by atomic mass is 16.6. The van der Waals surface area contributed by atoms with Gasteiger partial charge in [0, 0.05) is 11.6 Å². The lowest BCUT2D eigenvalue weighted by Gasteiger charge is -2.23. The van der Waals surface area contributed by atoms with Crippen LogP contribution in [0.15, 0.2) is 12.1 Å². The molecule has 0 unspecified atom stereocenters. The van der Waals surface area contributed by atoms with Gasteiger partial charge in [-0.15, -0.1) is 0 Å². The van der Waals surface area contributed by atoms with Crippen molar-refractivity contribution in [1.29, 1.82) is 0 Å². The summed E-state index contributed by atoms with van der Waals surface area (Å²) in [5, 5.41) is 21.9. The largest absolute Gasteiger partial charge is 0.481 e. The fraction of sp³-hybridized carbons (Fsp3) is 0.455. The van der Waals surface area contributed by atoms with Crippen molar-refractivity contribution in [2.45, 2.75) is 25.8 Å². The van der Waals surface area contributed by atoms with Crippen LogP contribution in [0.3, 0.4) is 0 Å². The number of amides is 1. The number of rotatable bonds is 5. The van der Waals surface area contributed by atoms with Crippen LogP contribution in [-0.2, 0) is 11.8 Å². The lowest BCUT2D eigenvalue weighted by Crippen LogP contribution is -2.45. The van der Waals surface area contributed by atoms with E-state index >= 15 is 0 Å². The minimum absolute atomic E-state index is 0.102. The Hall–Kier alpha value is -2.38. The summed E-state index contributed by atoms with van der Waals surface area (Å²) >= 11 is 0. The monoisotopic (exact) mass is 269 g/mol. The Morgan fingerprint density at radius 3 is 2.47 bits per heavy atom. The third kappa shape index (κ3) is 3.54. The summed E-state index contributed by atoms with van der Waals surface area (Å²) < 4.78 is 1.15. The summed E-state index contributed by atoms with van der Waals surface area (Å²) in [5.74, 6) is -1.80. The lowest BCUT2D eigenvalue weighted by atomic mass is 10.0. The van der Waals surface area contributed by atoms with E-state index in [9.17, 15) is 19.7 Å². The van der Waals surface area contributed by atoms with Gasteiger partial charge in [-0.25, -0.2) is 4.57 Å². The van der Waals surface area contributed by atoms with Crippen molar-refractivity contribution in [3.8, 4) is 0 Å². The molecule has 0 bridgehead atoms. The number of carbonyl (C=O) groups is 2. The van der Waals surface area contributed by atoms with Crippen LogP contribution in [0.25, 0.3) is 0 Å². The standard InChI is InChI=1S/C11H15N3O5/c1-11(2,6-9(15)16)12-10(17)7-4-5-8(13(7)3)14(18)19/h4-5H,6H2,1-3H3,(H,12,17)(H,15,16). The minimum atomic E-state index is -1.04. The molecule has 0 aliphatic rings. The molecule has 8 nitrogen and oxygen atoms in total. The molecule has 8 heteroatoms. The van der Waals surface area contributed by atoms with Crippen molar-refractivity contribution >= 4 is 17.7 Å². The van der Waals surface area contributed by atoms with Crippen molar-refractivity contribution in [2.24, 2.45) is 7.05 Å². The first kappa shape index (κ1) is 14.7. The van der Waals surface area contributed by atoms with Gasteiger partial charge in [0.2, 0.25) is 0 Å². The first-order valence-corrected chi connectivity index (χ1v) is 5.48. The van der Waals surface area contributed by atoms with E-state index in [2.05, 4.69) is 5.32 Å². The number of nitro groups is 1. The number of carbonyl (C=O) groups excluding carboxylic acids is 1. The van der Waals surface area contributed by atoms with Crippen molar-refractivity contribution in [1.82, 2.24) is 9.88 Å². The molecule has 0 atom stereocenters. The molecule has 2 N–H and O–H groups in total. The molecule has 0 aliphatic heterocycles. The van der Waals surface area contributed by atoms with Gasteiger partial charge in [-0.2, -0.15) is 0 Å². The quantitative estimate of drug-likeness (QED) is 0.609. The van der Waals surface area contributed by atoms with Crippen LogP contribution < -0.4 is 5.32 Å². The van der Waals surface area contributed by atoms with Gasteiger partial charge < -0.3 is 20.5 Å². The smallest absolute Gasteiger partial charge is 0.323 e. The van der Waals surface area contributed by atoms with E-state index in [-0.39, 0.29) is 17.9 Å². The van der Waals surface area contributed by atoms with E-state index in [0.717, 1.165) is 4.57 Å². The normalized spacial score (nSPS) is 11.1. The van der Waals surface area contributed by atoms with E-state index in [1.165, 1.54) is 19.2 Å². The molecule has 1 heterocycles. The number of carboxylic acids is 1. The molecule has 1 rings (SSSR count). The first-order chi connectivity index (χ1) is 8.64. The Labute approximate surface area is 109 Å². The van der Waals surface area contributed by atoms with Crippen LogP contribution in [0.2, 0.25) is 0 Å². The van der Waals surface area contributed by atoms with Crippen LogP contribution in [-0.4, -0.2) is 32.0 Å². The fourth-order valence-corrected chi connectivity index (χ4v) is 1.71. The molecule has 0 aliphatic carbocycles. The second kappa shape index (κ2) is 5.09. The number of aliphatic carboxylic acids is 1.